The van der Waals surface area contributed by atoms with E-state index in [9.17, 15) is 9.59 Å². The average molecular weight is 346 g/mol. The molecule has 1 aliphatic carbocycles. The number of hydrogen-bond acceptors (Lipinski definition) is 4. The second-order valence-electron chi connectivity index (χ2n) is 6.75. The molecule has 2 fully saturated rings. The Balaban J connectivity index is 1.58. The van der Waals surface area contributed by atoms with Crippen molar-refractivity contribution in [3.8, 4) is 11.5 Å². The van der Waals surface area contributed by atoms with Crippen LogP contribution in [-0.4, -0.2) is 49.6 Å². The van der Waals surface area contributed by atoms with Gasteiger partial charge in [-0.3, -0.25) is 9.59 Å². The third-order valence-electron chi connectivity index (χ3n) is 4.84. The molecular weight excluding hydrogens is 320 g/mol. The molecule has 3 rings (SSSR count). The third kappa shape index (κ3) is 4.44. The Morgan fingerprint density at radius 2 is 1.80 bits per heavy atom. The Bertz CT molecular complexity index is 620. The first-order chi connectivity index (χ1) is 12.1. The van der Waals surface area contributed by atoms with Gasteiger partial charge in [-0.05, 0) is 49.8 Å². The van der Waals surface area contributed by atoms with Gasteiger partial charge in [-0.1, -0.05) is 0 Å². The van der Waals surface area contributed by atoms with E-state index in [1.807, 2.05) is 18.2 Å². The van der Waals surface area contributed by atoms with Crippen LogP contribution in [-0.2, 0) is 16.0 Å². The summed E-state index contributed by atoms with van der Waals surface area (Å²) in [5, 5.41) is 3.02. The fourth-order valence-electron chi connectivity index (χ4n) is 3.27. The fraction of sp³-hybridized carbons (Fsp3) is 0.579. The van der Waals surface area contributed by atoms with Gasteiger partial charge in [-0.25, -0.2) is 0 Å². The molecule has 1 saturated heterocycles. The molecule has 1 saturated carbocycles. The van der Waals surface area contributed by atoms with Crippen LogP contribution in [0.1, 0.15) is 37.7 Å². The van der Waals surface area contributed by atoms with Crippen LogP contribution in [0.25, 0.3) is 0 Å². The van der Waals surface area contributed by atoms with E-state index >= 15 is 0 Å². The normalized spacial score (nSPS) is 19.6. The summed E-state index contributed by atoms with van der Waals surface area (Å²) >= 11 is 0. The lowest BCUT2D eigenvalue weighted by Crippen LogP contribution is -2.46. The number of carbonyl (C=O) groups excluding carboxylic acids is 2. The third-order valence-corrected chi connectivity index (χ3v) is 4.84. The Morgan fingerprint density at radius 1 is 1.12 bits per heavy atom. The van der Waals surface area contributed by atoms with Crippen molar-refractivity contribution < 1.29 is 19.1 Å². The van der Waals surface area contributed by atoms with Crippen molar-refractivity contribution in [2.24, 2.45) is 0 Å². The van der Waals surface area contributed by atoms with Crippen LogP contribution in [0.3, 0.4) is 0 Å². The van der Waals surface area contributed by atoms with Gasteiger partial charge in [0.2, 0.25) is 11.8 Å². The summed E-state index contributed by atoms with van der Waals surface area (Å²) in [5.74, 6) is 1.47. The first kappa shape index (κ1) is 17.6. The van der Waals surface area contributed by atoms with Gasteiger partial charge in [0.15, 0.2) is 0 Å². The largest absolute Gasteiger partial charge is 0.497 e. The van der Waals surface area contributed by atoms with Crippen LogP contribution in [0.4, 0.5) is 0 Å². The lowest BCUT2D eigenvalue weighted by atomic mass is 10.1. The van der Waals surface area contributed by atoms with Crippen LogP contribution in [0, 0.1) is 0 Å². The SMILES string of the molecule is COc1cc(CCC(=O)N2CCCC2C(=O)NC2CC2)cc(OC)c1. The van der Waals surface area contributed by atoms with E-state index in [1.54, 1.807) is 19.1 Å². The van der Waals surface area contributed by atoms with Gasteiger partial charge in [-0.15, -0.1) is 0 Å². The van der Waals surface area contributed by atoms with Crippen LogP contribution < -0.4 is 14.8 Å². The molecule has 2 amide bonds. The van der Waals surface area contributed by atoms with Crippen LogP contribution in [0.5, 0.6) is 11.5 Å². The highest BCUT2D eigenvalue weighted by atomic mass is 16.5. The zero-order valence-corrected chi connectivity index (χ0v) is 14.9. The van der Waals surface area contributed by atoms with Gasteiger partial charge in [0.25, 0.3) is 0 Å². The number of nitrogens with zero attached hydrogens (tertiary/aromatic N) is 1. The smallest absolute Gasteiger partial charge is 0.243 e. The molecule has 25 heavy (non-hydrogen) atoms. The number of benzene rings is 1. The van der Waals surface area contributed by atoms with Crippen molar-refractivity contribution in [1.29, 1.82) is 0 Å². The average Bonchev–Trinajstić information content (AvgIpc) is 3.30. The fourth-order valence-corrected chi connectivity index (χ4v) is 3.27. The highest BCUT2D eigenvalue weighted by Gasteiger charge is 2.36. The van der Waals surface area contributed by atoms with Crippen LogP contribution >= 0.6 is 0 Å². The predicted octanol–water partition coefficient (Wildman–Crippen LogP) is 1.91. The number of nitrogens with one attached hydrogen (secondary N) is 1. The van der Waals surface area contributed by atoms with Crippen molar-refractivity contribution in [1.82, 2.24) is 10.2 Å². The molecule has 1 N–H and O–H groups in total. The zero-order chi connectivity index (χ0) is 17.8. The Kier molecular flexibility index (Phi) is 5.46. The summed E-state index contributed by atoms with van der Waals surface area (Å²) in [4.78, 5) is 26.7. The van der Waals surface area contributed by atoms with E-state index in [-0.39, 0.29) is 17.9 Å². The molecule has 2 aliphatic rings. The van der Waals surface area contributed by atoms with Gasteiger partial charge in [0, 0.05) is 25.1 Å². The minimum atomic E-state index is -0.298. The number of rotatable bonds is 7. The molecule has 1 unspecified atom stereocenters. The molecular formula is C19H26N2O4. The van der Waals surface area contributed by atoms with Crippen molar-refractivity contribution in [2.45, 2.75) is 50.6 Å². The minimum Gasteiger partial charge on any atom is -0.497 e. The van der Waals surface area contributed by atoms with Crippen molar-refractivity contribution >= 4 is 11.8 Å². The molecule has 1 aliphatic heterocycles. The lowest BCUT2D eigenvalue weighted by Gasteiger charge is -2.24. The zero-order valence-electron chi connectivity index (χ0n) is 14.9. The number of carbonyl (C=O) groups is 2. The molecule has 1 aromatic carbocycles. The van der Waals surface area contributed by atoms with E-state index in [2.05, 4.69) is 5.32 Å². The molecule has 1 atom stereocenters. The van der Waals surface area contributed by atoms with Crippen molar-refractivity contribution in [3.05, 3.63) is 23.8 Å². The standard InChI is InChI=1S/C19H26N2O4/c1-24-15-10-13(11-16(12-15)25-2)5-8-18(22)21-9-3-4-17(21)19(23)20-14-6-7-14/h10-12,14,17H,3-9H2,1-2H3,(H,20,23). The number of likely N-dealkylation sites (tertiary alicyclic amines) is 1. The maximum absolute atomic E-state index is 12.6. The van der Waals surface area contributed by atoms with Gasteiger partial charge in [0.05, 0.1) is 14.2 Å². The van der Waals surface area contributed by atoms with Crippen LogP contribution in [0.2, 0.25) is 0 Å². The summed E-state index contributed by atoms with van der Waals surface area (Å²) in [6.45, 7) is 0.670. The number of aryl methyl sites for hydroxylation is 1. The molecule has 0 spiro atoms. The van der Waals surface area contributed by atoms with Gasteiger partial charge in [-0.2, -0.15) is 0 Å². The van der Waals surface area contributed by atoms with E-state index < -0.39 is 0 Å². The summed E-state index contributed by atoms with van der Waals surface area (Å²) in [6.07, 6.45) is 4.75. The lowest BCUT2D eigenvalue weighted by molar-refractivity contribution is -0.138. The maximum Gasteiger partial charge on any atom is 0.243 e. The number of methoxy groups -OCH3 is 2. The van der Waals surface area contributed by atoms with Gasteiger partial charge in [0.1, 0.15) is 17.5 Å². The molecule has 6 heteroatoms. The molecule has 136 valence electrons. The second kappa shape index (κ2) is 7.76. The van der Waals surface area contributed by atoms with Crippen LogP contribution in [0.15, 0.2) is 18.2 Å². The Labute approximate surface area is 148 Å². The predicted molar refractivity (Wildman–Crippen MR) is 93.8 cm³/mol. The minimum absolute atomic E-state index is 0.0106. The quantitative estimate of drug-likeness (QED) is 0.819. The second-order valence-corrected chi connectivity index (χ2v) is 6.75. The Morgan fingerprint density at radius 3 is 2.40 bits per heavy atom. The van der Waals surface area contributed by atoms with Crippen molar-refractivity contribution in [2.75, 3.05) is 20.8 Å². The van der Waals surface area contributed by atoms with E-state index in [1.165, 1.54) is 0 Å². The maximum atomic E-state index is 12.6. The van der Waals surface area contributed by atoms with Crippen molar-refractivity contribution in [3.63, 3.8) is 0 Å². The molecule has 6 nitrogen and oxygen atoms in total. The molecule has 1 heterocycles. The topological polar surface area (TPSA) is 67.9 Å². The van der Waals surface area contributed by atoms with Gasteiger partial charge < -0.3 is 19.7 Å². The highest BCUT2D eigenvalue weighted by Crippen LogP contribution is 2.25. The molecule has 0 bridgehead atoms. The summed E-state index contributed by atoms with van der Waals surface area (Å²) in [5.41, 5.74) is 0.989. The highest BCUT2D eigenvalue weighted by molar-refractivity contribution is 5.88. The molecule has 0 aromatic heterocycles. The summed E-state index contributed by atoms with van der Waals surface area (Å²) in [7, 11) is 3.22. The number of ether oxygens (including phenoxy) is 2. The van der Waals surface area contributed by atoms with E-state index in [0.29, 0.717) is 36.9 Å². The first-order valence-corrected chi connectivity index (χ1v) is 8.92. The molecule has 1 aromatic rings. The molecule has 0 radical (unpaired) electrons. The van der Waals surface area contributed by atoms with E-state index in [0.717, 1.165) is 31.2 Å². The van der Waals surface area contributed by atoms with Gasteiger partial charge >= 0.3 is 0 Å². The summed E-state index contributed by atoms with van der Waals surface area (Å²) < 4.78 is 10.5. The first-order valence-electron chi connectivity index (χ1n) is 8.92. The summed E-state index contributed by atoms with van der Waals surface area (Å²) in [6, 6.07) is 5.67. The van der Waals surface area contributed by atoms with E-state index in [4.69, 9.17) is 9.47 Å². The monoisotopic (exact) mass is 346 g/mol. The Hall–Kier alpha value is -2.24. The number of amides is 2. The number of hydrogen-bond donors (Lipinski definition) is 1.